The number of amides is 1. The Morgan fingerprint density at radius 3 is 2.63 bits per heavy atom. The van der Waals surface area contributed by atoms with Gasteiger partial charge in [-0.15, -0.1) is 0 Å². The standard InChI is InChI=1S/C12H15Br2N3O2/c1-2-19-12(18)17-5-3-16(4-6-17)11-10(14)7-9(13)8-15-11/h7-8H,2-6H2,1H3. The van der Waals surface area contributed by atoms with Gasteiger partial charge in [0.25, 0.3) is 0 Å². The molecule has 1 aliphatic heterocycles. The number of carbonyl (C=O) groups excluding carboxylic acids is 1. The van der Waals surface area contributed by atoms with Crippen molar-refractivity contribution < 1.29 is 9.53 Å². The lowest BCUT2D eigenvalue weighted by Crippen LogP contribution is -2.49. The summed E-state index contributed by atoms with van der Waals surface area (Å²) in [5.74, 6) is 0.909. The van der Waals surface area contributed by atoms with E-state index in [4.69, 9.17) is 4.74 Å². The van der Waals surface area contributed by atoms with E-state index in [0.717, 1.165) is 27.9 Å². The van der Waals surface area contributed by atoms with Gasteiger partial charge in [0.2, 0.25) is 0 Å². The van der Waals surface area contributed by atoms with Gasteiger partial charge in [-0.2, -0.15) is 0 Å². The zero-order chi connectivity index (χ0) is 13.8. The lowest BCUT2D eigenvalue weighted by Gasteiger charge is -2.35. The Balaban J connectivity index is 1.98. The van der Waals surface area contributed by atoms with Crippen LogP contribution in [-0.4, -0.2) is 48.8 Å². The Kier molecular flexibility index (Phi) is 5.04. The van der Waals surface area contributed by atoms with Gasteiger partial charge >= 0.3 is 6.09 Å². The molecule has 19 heavy (non-hydrogen) atoms. The SMILES string of the molecule is CCOC(=O)N1CCN(c2ncc(Br)cc2Br)CC1. The number of piperazine rings is 1. The van der Waals surface area contributed by atoms with Gasteiger partial charge < -0.3 is 14.5 Å². The summed E-state index contributed by atoms with van der Waals surface area (Å²) in [6.45, 7) is 5.06. The van der Waals surface area contributed by atoms with Gasteiger partial charge in [-0.3, -0.25) is 0 Å². The van der Waals surface area contributed by atoms with Crippen molar-refractivity contribution >= 4 is 43.8 Å². The zero-order valence-electron chi connectivity index (χ0n) is 10.6. The van der Waals surface area contributed by atoms with E-state index in [1.807, 2.05) is 13.0 Å². The van der Waals surface area contributed by atoms with Crippen molar-refractivity contribution in [3.8, 4) is 0 Å². The Bertz CT molecular complexity index is 462. The third kappa shape index (κ3) is 3.60. The van der Waals surface area contributed by atoms with Crippen LogP contribution in [0.2, 0.25) is 0 Å². The minimum Gasteiger partial charge on any atom is -0.450 e. The van der Waals surface area contributed by atoms with Crippen LogP contribution in [0.15, 0.2) is 21.2 Å². The van der Waals surface area contributed by atoms with Crippen LogP contribution in [0.25, 0.3) is 0 Å². The molecule has 0 radical (unpaired) electrons. The average Bonchev–Trinajstić information content (AvgIpc) is 2.39. The van der Waals surface area contributed by atoms with E-state index in [-0.39, 0.29) is 6.09 Å². The average molecular weight is 393 g/mol. The maximum Gasteiger partial charge on any atom is 0.409 e. The molecule has 0 bridgehead atoms. The van der Waals surface area contributed by atoms with E-state index in [1.165, 1.54) is 0 Å². The third-order valence-corrected chi connectivity index (χ3v) is 3.91. The largest absolute Gasteiger partial charge is 0.450 e. The first kappa shape index (κ1) is 14.6. The smallest absolute Gasteiger partial charge is 0.409 e. The van der Waals surface area contributed by atoms with Crippen molar-refractivity contribution in [1.29, 1.82) is 0 Å². The number of rotatable bonds is 2. The quantitative estimate of drug-likeness (QED) is 0.776. The predicted molar refractivity (Wildman–Crippen MR) is 80.4 cm³/mol. The van der Waals surface area contributed by atoms with Crippen molar-refractivity contribution in [2.45, 2.75) is 6.92 Å². The molecule has 0 aliphatic carbocycles. The Morgan fingerprint density at radius 2 is 2.05 bits per heavy atom. The van der Waals surface area contributed by atoms with Crippen molar-refractivity contribution in [3.63, 3.8) is 0 Å². The molecule has 2 rings (SSSR count). The second-order valence-corrected chi connectivity index (χ2v) is 5.90. The summed E-state index contributed by atoms with van der Waals surface area (Å²) >= 11 is 6.90. The van der Waals surface area contributed by atoms with Crippen molar-refractivity contribution in [3.05, 3.63) is 21.2 Å². The molecule has 0 spiro atoms. The highest BCUT2D eigenvalue weighted by Gasteiger charge is 2.23. The number of anilines is 1. The summed E-state index contributed by atoms with van der Waals surface area (Å²) in [5.41, 5.74) is 0. The number of hydrogen-bond acceptors (Lipinski definition) is 4. The molecule has 1 fully saturated rings. The van der Waals surface area contributed by atoms with E-state index < -0.39 is 0 Å². The fourth-order valence-corrected chi connectivity index (χ4v) is 3.19. The minimum atomic E-state index is -0.231. The molecule has 5 nitrogen and oxygen atoms in total. The van der Waals surface area contributed by atoms with Crippen LogP contribution in [-0.2, 0) is 4.74 Å². The first-order valence-corrected chi connectivity index (χ1v) is 7.68. The van der Waals surface area contributed by atoms with Gasteiger partial charge in [-0.05, 0) is 44.8 Å². The van der Waals surface area contributed by atoms with E-state index in [0.29, 0.717) is 19.7 Å². The summed E-state index contributed by atoms with van der Waals surface area (Å²) < 4.78 is 6.89. The summed E-state index contributed by atoms with van der Waals surface area (Å²) in [6, 6.07) is 1.97. The van der Waals surface area contributed by atoms with Crippen molar-refractivity contribution in [1.82, 2.24) is 9.88 Å². The monoisotopic (exact) mass is 391 g/mol. The molecule has 1 aromatic rings. The van der Waals surface area contributed by atoms with Gasteiger partial charge in [0, 0.05) is 36.8 Å². The zero-order valence-corrected chi connectivity index (χ0v) is 13.8. The van der Waals surface area contributed by atoms with Crippen LogP contribution in [0.1, 0.15) is 6.92 Å². The molecule has 1 amide bonds. The lowest BCUT2D eigenvalue weighted by atomic mass is 10.3. The molecule has 0 unspecified atom stereocenters. The van der Waals surface area contributed by atoms with Crippen LogP contribution in [0.5, 0.6) is 0 Å². The fraction of sp³-hybridized carbons (Fsp3) is 0.500. The number of carbonyl (C=O) groups is 1. The second-order valence-electron chi connectivity index (χ2n) is 4.13. The van der Waals surface area contributed by atoms with Crippen LogP contribution in [0.4, 0.5) is 10.6 Å². The molecule has 104 valence electrons. The van der Waals surface area contributed by atoms with E-state index in [1.54, 1.807) is 11.1 Å². The second kappa shape index (κ2) is 6.56. The Labute approximate surface area is 129 Å². The summed E-state index contributed by atoms with van der Waals surface area (Å²) in [6.07, 6.45) is 1.54. The number of hydrogen-bond donors (Lipinski definition) is 0. The lowest BCUT2D eigenvalue weighted by molar-refractivity contribution is 0.105. The van der Waals surface area contributed by atoms with E-state index in [9.17, 15) is 4.79 Å². The predicted octanol–water partition coefficient (Wildman–Crippen LogP) is 2.89. The third-order valence-electron chi connectivity index (χ3n) is 2.89. The normalized spacial score (nSPS) is 15.5. The maximum atomic E-state index is 11.6. The highest BCUT2D eigenvalue weighted by atomic mass is 79.9. The van der Waals surface area contributed by atoms with Gasteiger partial charge in [0.05, 0.1) is 11.1 Å². The van der Waals surface area contributed by atoms with Gasteiger partial charge in [-0.1, -0.05) is 0 Å². The highest BCUT2D eigenvalue weighted by molar-refractivity contribution is 9.11. The molecule has 0 atom stereocenters. The molecule has 0 saturated carbocycles. The summed E-state index contributed by atoms with van der Waals surface area (Å²) in [7, 11) is 0. The first-order chi connectivity index (χ1) is 9.11. The molecule has 0 aromatic carbocycles. The fourth-order valence-electron chi connectivity index (χ4n) is 1.96. The molecule has 1 saturated heterocycles. The number of aromatic nitrogens is 1. The molecular weight excluding hydrogens is 378 g/mol. The van der Waals surface area contributed by atoms with Crippen LogP contribution in [0, 0.1) is 0 Å². The number of ether oxygens (including phenoxy) is 1. The highest BCUT2D eigenvalue weighted by Crippen LogP contribution is 2.27. The molecule has 0 N–H and O–H groups in total. The van der Waals surface area contributed by atoms with Crippen LogP contribution >= 0.6 is 31.9 Å². The topological polar surface area (TPSA) is 45.7 Å². The van der Waals surface area contributed by atoms with Crippen molar-refractivity contribution in [2.75, 3.05) is 37.7 Å². The number of nitrogens with zero attached hydrogens (tertiary/aromatic N) is 3. The molecule has 7 heteroatoms. The number of halogens is 2. The van der Waals surface area contributed by atoms with E-state index >= 15 is 0 Å². The molecular formula is C12H15Br2N3O2. The Morgan fingerprint density at radius 1 is 1.37 bits per heavy atom. The summed E-state index contributed by atoms with van der Waals surface area (Å²) in [4.78, 5) is 19.9. The minimum absolute atomic E-state index is 0.231. The molecule has 2 heterocycles. The maximum absolute atomic E-state index is 11.6. The van der Waals surface area contributed by atoms with E-state index in [2.05, 4.69) is 41.7 Å². The van der Waals surface area contributed by atoms with Crippen LogP contribution < -0.4 is 4.90 Å². The van der Waals surface area contributed by atoms with Gasteiger partial charge in [0.15, 0.2) is 0 Å². The van der Waals surface area contributed by atoms with Gasteiger partial charge in [-0.25, -0.2) is 9.78 Å². The number of pyridine rings is 1. The van der Waals surface area contributed by atoms with Crippen molar-refractivity contribution in [2.24, 2.45) is 0 Å². The van der Waals surface area contributed by atoms with Gasteiger partial charge in [0.1, 0.15) is 5.82 Å². The first-order valence-electron chi connectivity index (χ1n) is 6.09. The molecule has 1 aliphatic rings. The van der Waals surface area contributed by atoms with Crippen LogP contribution in [0.3, 0.4) is 0 Å². The summed E-state index contributed by atoms with van der Waals surface area (Å²) in [5, 5.41) is 0. The Hall–Kier alpha value is -0.820. The molecule has 1 aromatic heterocycles.